The zero-order chi connectivity index (χ0) is 13.6. The summed E-state index contributed by atoms with van der Waals surface area (Å²) in [6, 6.07) is 11.5. The molecule has 19 heavy (non-hydrogen) atoms. The highest BCUT2D eigenvalue weighted by atomic mass is 14.3. The van der Waals surface area contributed by atoms with E-state index in [9.17, 15) is 0 Å². The summed E-state index contributed by atoms with van der Waals surface area (Å²) in [5.41, 5.74) is 10.4. The normalized spacial score (nSPS) is 17.6. The Morgan fingerprint density at radius 1 is 0.789 bits per heavy atom. The van der Waals surface area contributed by atoms with Crippen molar-refractivity contribution >= 4 is 0 Å². The van der Waals surface area contributed by atoms with Gasteiger partial charge in [0.25, 0.3) is 0 Å². The lowest BCUT2D eigenvalue weighted by Gasteiger charge is -2.17. The Balaban J connectivity index is 2.11. The highest BCUT2D eigenvalue weighted by Crippen LogP contribution is 2.41. The van der Waals surface area contributed by atoms with Crippen molar-refractivity contribution in [3.05, 3.63) is 69.3 Å². The van der Waals surface area contributed by atoms with Crippen LogP contribution in [0.2, 0.25) is 0 Å². The van der Waals surface area contributed by atoms with E-state index in [1.54, 1.807) is 11.1 Å². The van der Waals surface area contributed by atoms with Gasteiger partial charge in [-0.25, -0.2) is 0 Å². The summed E-state index contributed by atoms with van der Waals surface area (Å²) < 4.78 is 0. The molecule has 0 saturated heterocycles. The highest BCUT2D eigenvalue weighted by molar-refractivity contribution is 5.50. The Hall–Kier alpha value is -1.56. The molecule has 0 spiro atoms. The topological polar surface area (TPSA) is 0 Å². The molecule has 0 N–H and O–H groups in total. The van der Waals surface area contributed by atoms with Crippen LogP contribution in [0.25, 0.3) is 0 Å². The van der Waals surface area contributed by atoms with Crippen molar-refractivity contribution in [3.63, 3.8) is 0 Å². The maximum absolute atomic E-state index is 2.39. The van der Waals surface area contributed by atoms with E-state index in [1.165, 1.54) is 40.7 Å². The van der Waals surface area contributed by atoms with Crippen LogP contribution in [0, 0.1) is 27.7 Å². The van der Waals surface area contributed by atoms with Crippen molar-refractivity contribution < 1.29 is 0 Å². The van der Waals surface area contributed by atoms with E-state index in [2.05, 4.69) is 58.0 Å². The van der Waals surface area contributed by atoms with Crippen molar-refractivity contribution in [1.82, 2.24) is 0 Å². The predicted octanol–water partition coefficient (Wildman–Crippen LogP) is 5.00. The molecule has 3 rings (SSSR count). The Bertz CT molecular complexity index is 635. The molecule has 1 atom stereocenters. The lowest BCUT2D eigenvalue weighted by atomic mass is 9.88. The molecular weight excluding hydrogens is 228 g/mol. The molecule has 0 amide bonds. The maximum Gasteiger partial charge on any atom is 0.00980 e. The molecule has 0 bridgehead atoms. The van der Waals surface area contributed by atoms with Crippen LogP contribution in [0.1, 0.15) is 51.3 Å². The second-order valence-electron chi connectivity index (χ2n) is 6.03. The second kappa shape index (κ2) is 4.52. The average molecular weight is 250 g/mol. The van der Waals surface area contributed by atoms with Gasteiger partial charge in [0.1, 0.15) is 0 Å². The standard InChI is InChI=1S/C19H22/c1-12-7-8-16(11-15(12)4)18-10-9-17-13(2)5-6-14(3)19(17)18/h5-8,11,18H,9-10H2,1-4H3. The number of fused-ring (bicyclic) bond motifs is 1. The molecular formula is C19H22. The Kier molecular flexibility index (Phi) is 2.97. The molecule has 98 valence electrons. The zero-order valence-corrected chi connectivity index (χ0v) is 12.4. The lowest BCUT2D eigenvalue weighted by Crippen LogP contribution is -2.00. The summed E-state index contributed by atoms with van der Waals surface area (Å²) >= 11 is 0. The summed E-state index contributed by atoms with van der Waals surface area (Å²) in [6.45, 7) is 8.92. The van der Waals surface area contributed by atoms with Crippen molar-refractivity contribution in [2.24, 2.45) is 0 Å². The van der Waals surface area contributed by atoms with Crippen molar-refractivity contribution in [2.75, 3.05) is 0 Å². The molecule has 0 aliphatic heterocycles. The van der Waals surface area contributed by atoms with Crippen LogP contribution < -0.4 is 0 Å². The van der Waals surface area contributed by atoms with E-state index in [1.807, 2.05) is 0 Å². The first kappa shape index (κ1) is 12.5. The van der Waals surface area contributed by atoms with Crippen LogP contribution in [-0.4, -0.2) is 0 Å². The van der Waals surface area contributed by atoms with Gasteiger partial charge in [-0.3, -0.25) is 0 Å². The molecule has 0 fully saturated rings. The molecule has 0 saturated carbocycles. The predicted molar refractivity (Wildman–Crippen MR) is 82.0 cm³/mol. The fourth-order valence-corrected chi connectivity index (χ4v) is 3.46. The molecule has 1 aliphatic rings. The van der Waals surface area contributed by atoms with Gasteiger partial charge in [0.2, 0.25) is 0 Å². The lowest BCUT2D eigenvalue weighted by molar-refractivity contribution is 0.783. The van der Waals surface area contributed by atoms with Crippen molar-refractivity contribution in [2.45, 2.75) is 46.5 Å². The van der Waals surface area contributed by atoms with E-state index in [0.717, 1.165) is 0 Å². The third-order valence-corrected chi connectivity index (χ3v) is 4.77. The van der Waals surface area contributed by atoms with E-state index in [-0.39, 0.29) is 0 Å². The van der Waals surface area contributed by atoms with Gasteiger partial charge in [0.05, 0.1) is 0 Å². The first-order chi connectivity index (χ1) is 9.08. The number of hydrogen-bond donors (Lipinski definition) is 0. The van der Waals surface area contributed by atoms with Crippen LogP contribution in [0.4, 0.5) is 0 Å². The number of hydrogen-bond acceptors (Lipinski definition) is 0. The van der Waals surface area contributed by atoms with Crippen LogP contribution >= 0.6 is 0 Å². The largest absolute Gasteiger partial charge is 0.0588 e. The maximum atomic E-state index is 2.39. The Morgan fingerprint density at radius 2 is 1.47 bits per heavy atom. The van der Waals surface area contributed by atoms with Crippen LogP contribution in [-0.2, 0) is 6.42 Å². The van der Waals surface area contributed by atoms with Gasteiger partial charge >= 0.3 is 0 Å². The molecule has 0 radical (unpaired) electrons. The quantitative estimate of drug-likeness (QED) is 0.668. The fraction of sp³-hybridized carbons (Fsp3) is 0.368. The molecule has 2 aromatic carbocycles. The minimum atomic E-state index is 0.606. The summed E-state index contributed by atoms with van der Waals surface area (Å²) in [6.07, 6.45) is 2.50. The second-order valence-corrected chi connectivity index (χ2v) is 6.03. The fourth-order valence-electron chi connectivity index (χ4n) is 3.46. The van der Waals surface area contributed by atoms with Gasteiger partial charge in [-0.15, -0.1) is 0 Å². The molecule has 1 aliphatic carbocycles. The molecule has 0 aromatic heterocycles. The Morgan fingerprint density at radius 3 is 2.21 bits per heavy atom. The summed E-state index contributed by atoms with van der Waals surface area (Å²) in [5, 5.41) is 0. The minimum Gasteiger partial charge on any atom is -0.0588 e. The van der Waals surface area contributed by atoms with Gasteiger partial charge in [0, 0.05) is 5.92 Å². The van der Waals surface area contributed by atoms with Gasteiger partial charge in [0.15, 0.2) is 0 Å². The summed E-state index contributed by atoms with van der Waals surface area (Å²) in [5.74, 6) is 0.606. The van der Waals surface area contributed by atoms with Crippen LogP contribution in [0.15, 0.2) is 30.3 Å². The third-order valence-electron chi connectivity index (χ3n) is 4.77. The van der Waals surface area contributed by atoms with E-state index >= 15 is 0 Å². The van der Waals surface area contributed by atoms with Gasteiger partial charge in [-0.05, 0) is 79.5 Å². The average Bonchev–Trinajstić information content (AvgIpc) is 2.83. The SMILES string of the molecule is Cc1ccc(C2CCc3c(C)ccc(C)c32)cc1C. The Labute approximate surface area is 116 Å². The molecule has 1 unspecified atom stereocenters. The van der Waals surface area contributed by atoms with E-state index in [4.69, 9.17) is 0 Å². The van der Waals surface area contributed by atoms with Crippen LogP contribution in [0.3, 0.4) is 0 Å². The monoisotopic (exact) mass is 250 g/mol. The van der Waals surface area contributed by atoms with Crippen molar-refractivity contribution in [3.8, 4) is 0 Å². The number of rotatable bonds is 1. The van der Waals surface area contributed by atoms with Gasteiger partial charge < -0.3 is 0 Å². The molecule has 0 heterocycles. The number of benzene rings is 2. The van der Waals surface area contributed by atoms with Gasteiger partial charge in [-0.1, -0.05) is 30.3 Å². The minimum absolute atomic E-state index is 0.606. The summed E-state index contributed by atoms with van der Waals surface area (Å²) in [7, 11) is 0. The van der Waals surface area contributed by atoms with Crippen molar-refractivity contribution in [1.29, 1.82) is 0 Å². The highest BCUT2D eigenvalue weighted by Gasteiger charge is 2.26. The molecule has 0 heteroatoms. The third kappa shape index (κ3) is 2.00. The zero-order valence-electron chi connectivity index (χ0n) is 12.4. The molecule has 2 aromatic rings. The smallest absolute Gasteiger partial charge is 0.00980 e. The summed E-state index contributed by atoms with van der Waals surface area (Å²) in [4.78, 5) is 0. The first-order valence-corrected chi connectivity index (χ1v) is 7.24. The molecule has 0 nitrogen and oxygen atoms in total. The van der Waals surface area contributed by atoms with E-state index < -0.39 is 0 Å². The van der Waals surface area contributed by atoms with Gasteiger partial charge in [-0.2, -0.15) is 0 Å². The first-order valence-electron chi connectivity index (χ1n) is 7.24. The van der Waals surface area contributed by atoms with Crippen LogP contribution in [0.5, 0.6) is 0 Å². The number of aryl methyl sites for hydroxylation is 4. The van der Waals surface area contributed by atoms with E-state index in [0.29, 0.717) is 5.92 Å².